The number of aliphatic carboxylic acids is 2. The molecule has 0 saturated carbocycles. The molecule has 0 amide bonds. The molecular weight excluding hydrogens is 280 g/mol. The number of carbonyl (C=O) groups is 2. The van der Waals surface area contributed by atoms with E-state index in [1.807, 2.05) is 0 Å². The van der Waals surface area contributed by atoms with Gasteiger partial charge in [0.2, 0.25) is 0 Å². The average molecular weight is 293 g/mol. The van der Waals surface area contributed by atoms with Crippen LogP contribution in [0.15, 0.2) is 42.0 Å². The summed E-state index contributed by atoms with van der Waals surface area (Å²) in [6, 6.07) is 6.83. The van der Waals surface area contributed by atoms with Crippen molar-refractivity contribution >= 4 is 29.1 Å². The first-order chi connectivity index (χ1) is 9.33. The Labute approximate surface area is 121 Å². The molecule has 1 unspecified atom stereocenters. The third-order valence-electron chi connectivity index (χ3n) is 3.37. The van der Waals surface area contributed by atoms with Gasteiger partial charge in [-0.25, -0.2) is 4.79 Å². The first-order valence-corrected chi connectivity index (χ1v) is 6.36. The largest absolute Gasteiger partial charge is 0.481 e. The van der Waals surface area contributed by atoms with Crippen molar-refractivity contribution in [1.82, 2.24) is 0 Å². The number of carboxylic acids is 2. The minimum Gasteiger partial charge on any atom is -0.481 e. The normalized spacial score (nSPS) is 21.9. The summed E-state index contributed by atoms with van der Waals surface area (Å²) in [6.45, 7) is 1.50. The Hall–Kier alpha value is -2.07. The van der Waals surface area contributed by atoms with Gasteiger partial charge in [-0.3, -0.25) is 4.79 Å². The molecule has 1 atom stereocenters. The van der Waals surface area contributed by atoms with E-state index in [0.29, 0.717) is 16.2 Å². The number of allylic oxidation sites excluding steroid dienone is 2. The second-order valence-corrected chi connectivity index (χ2v) is 5.38. The number of hydrogen-bond donors (Lipinski definition) is 2. The van der Waals surface area contributed by atoms with Gasteiger partial charge in [-0.05, 0) is 36.6 Å². The van der Waals surface area contributed by atoms with Gasteiger partial charge in [0, 0.05) is 10.6 Å². The van der Waals surface area contributed by atoms with E-state index in [1.54, 1.807) is 30.3 Å². The van der Waals surface area contributed by atoms with Gasteiger partial charge in [-0.2, -0.15) is 0 Å². The van der Waals surface area contributed by atoms with Crippen LogP contribution in [-0.2, 0) is 9.59 Å². The molecule has 0 bridgehead atoms. The van der Waals surface area contributed by atoms with E-state index in [2.05, 4.69) is 0 Å². The smallest absolute Gasteiger partial charge is 0.332 e. The molecule has 1 aromatic carbocycles. The standard InChI is InChI=1S/C15H13ClO4/c1-15(14(19)20)6-5-11(12(8-15)13(17)18)9-3-2-4-10(16)7-9/h2-7H,8H2,1H3,(H,17,18)(H,19,20). The summed E-state index contributed by atoms with van der Waals surface area (Å²) in [5.41, 5.74) is 0.0486. The lowest BCUT2D eigenvalue weighted by Crippen LogP contribution is -2.29. The van der Waals surface area contributed by atoms with Gasteiger partial charge in [0.1, 0.15) is 0 Å². The molecule has 0 fully saturated rings. The molecule has 0 aromatic heterocycles. The summed E-state index contributed by atoms with van der Waals surface area (Å²) in [5, 5.41) is 19.0. The molecule has 5 heteroatoms. The monoisotopic (exact) mass is 292 g/mol. The third-order valence-corrected chi connectivity index (χ3v) is 3.60. The number of carboxylic acid groups (broad SMARTS) is 2. The van der Waals surface area contributed by atoms with Crippen molar-refractivity contribution in [3.05, 3.63) is 52.6 Å². The lowest BCUT2D eigenvalue weighted by molar-refractivity contribution is -0.145. The van der Waals surface area contributed by atoms with Gasteiger partial charge in [-0.1, -0.05) is 35.9 Å². The van der Waals surface area contributed by atoms with E-state index < -0.39 is 17.4 Å². The van der Waals surface area contributed by atoms with Crippen LogP contribution < -0.4 is 0 Å². The van der Waals surface area contributed by atoms with E-state index >= 15 is 0 Å². The summed E-state index contributed by atoms with van der Waals surface area (Å²) in [5.74, 6) is -2.16. The van der Waals surface area contributed by atoms with Crippen LogP contribution in [0.3, 0.4) is 0 Å². The molecule has 4 nitrogen and oxygen atoms in total. The van der Waals surface area contributed by atoms with Crippen molar-refractivity contribution in [3.8, 4) is 0 Å². The second kappa shape index (κ2) is 5.13. The number of hydrogen-bond acceptors (Lipinski definition) is 2. The number of benzene rings is 1. The molecule has 0 spiro atoms. The van der Waals surface area contributed by atoms with Crippen LogP contribution >= 0.6 is 11.6 Å². The highest BCUT2D eigenvalue weighted by Crippen LogP contribution is 2.38. The SMILES string of the molecule is CC1(C(=O)O)C=CC(c2cccc(Cl)c2)=C(C(=O)O)C1. The highest BCUT2D eigenvalue weighted by Gasteiger charge is 2.36. The Morgan fingerprint density at radius 1 is 1.30 bits per heavy atom. The molecule has 0 aliphatic heterocycles. The Morgan fingerprint density at radius 2 is 2.00 bits per heavy atom. The first kappa shape index (κ1) is 14.3. The van der Waals surface area contributed by atoms with Gasteiger partial charge < -0.3 is 10.2 Å². The van der Waals surface area contributed by atoms with E-state index in [0.717, 1.165) is 0 Å². The van der Waals surface area contributed by atoms with E-state index in [1.165, 1.54) is 13.0 Å². The minimum atomic E-state index is -1.20. The maximum absolute atomic E-state index is 11.4. The van der Waals surface area contributed by atoms with E-state index in [9.17, 15) is 19.8 Å². The molecule has 104 valence electrons. The zero-order valence-corrected chi connectivity index (χ0v) is 11.5. The van der Waals surface area contributed by atoms with Crippen LogP contribution in [0.1, 0.15) is 18.9 Å². The quantitative estimate of drug-likeness (QED) is 0.897. The van der Waals surface area contributed by atoms with E-state index in [-0.39, 0.29) is 12.0 Å². The molecular formula is C15H13ClO4. The van der Waals surface area contributed by atoms with Crippen molar-refractivity contribution in [3.63, 3.8) is 0 Å². The van der Waals surface area contributed by atoms with Crippen LogP contribution in [0.5, 0.6) is 0 Å². The van der Waals surface area contributed by atoms with Crippen LogP contribution in [0.4, 0.5) is 0 Å². The van der Waals surface area contributed by atoms with Crippen molar-refractivity contribution in [2.45, 2.75) is 13.3 Å². The second-order valence-electron chi connectivity index (χ2n) is 4.94. The fourth-order valence-electron chi connectivity index (χ4n) is 2.15. The van der Waals surface area contributed by atoms with Gasteiger partial charge in [0.25, 0.3) is 0 Å². The molecule has 20 heavy (non-hydrogen) atoms. The van der Waals surface area contributed by atoms with Crippen LogP contribution in [0, 0.1) is 5.41 Å². The highest BCUT2D eigenvalue weighted by molar-refractivity contribution is 6.30. The molecule has 1 aliphatic rings. The van der Waals surface area contributed by atoms with Crippen molar-refractivity contribution in [1.29, 1.82) is 0 Å². The Kier molecular flexibility index (Phi) is 3.68. The van der Waals surface area contributed by atoms with Crippen molar-refractivity contribution in [2.24, 2.45) is 5.41 Å². The summed E-state index contributed by atoms with van der Waals surface area (Å²) < 4.78 is 0. The molecule has 0 radical (unpaired) electrons. The molecule has 1 aliphatic carbocycles. The summed E-state index contributed by atoms with van der Waals surface area (Å²) in [6.07, 6.45) is 3.01. The minimum absolute atomic E-state index is 0.0595. The fraction of sp³-hybridized carbons (Fsp3) is 0.200. The van der Waals surface area contributed by atoms with Gasteiger partial charge >= 0.3 is 11.9 Å². The zero-order chi connectivity index (χ0) is 14.9. The Morgan fingerprint density at radius 3 is 2.55 bits per heavy atom. The van der Waals surface area contributed by atoms with E-state index in [4.69, 9.17) is 11.6 Å². The van der Waals surface area contributed by atoms with Crippen LogP contribution in [0.2, 0.25) is 5.02 Å². The molecule has 0 heterocycles. The van der Waals surface area contributed by atoms with Crippen molar-refractivity contribution in [2.75, 3.05) is 0 Å². The maximum atomic E-state index is 11.4. The number of halogens is 1. The highest BCUT2D eigenvalue weighted by atomic mass is 35.5. The predicted molar refractivity (Wildman–Crippen MR) is 75.5 cm³/mol. The van der Waals surface area contributed by atoms with Crippen molar-refractivity contribution < 1.29 is 19.8 Å². The molecule has 2 N–H and O–H groups in total. The van der Waals surface area contributed by atoms with Gasteiger partial charge in [-0.15, -0.1) is 0 Å². The van der Waals surface area contributed by atoms with Crippen LogP contribution in [0.25, 0.3) is 5.57 Å². The Balaban J connectivity index is 2.53. The summed E-state index contributed by atoms with van der Waals surface area (Å²) in [4.78, 5) is 22.7. The maximum Gasteiger partial charge on any atom is 0.332 e. The van der Waals surface area contributed by atoms with Gasteiger partial charge in [0.05, 0.1) is 5.41 Å². The summed E-state index contributed by atoms with van der Waals surface area (Å²) >= 11 is 5.91. The lowest BCUT2D eigenvalue weighted by Gasteiger charge is -2.26. The molecule has 2 rings (SSSR count). The molecule has 1 aromatic rings. The topological polar surface area (TPSA) is 74.6 Å². The lowest BCUT2D eigenvalue weighted by atomic mass is 9.76. The predicted octanol–water partition coefficient (Wildman–Crippen LogP) is 3.23. The Bertz CT molecular complexity index is 645. The average Bonchev–Trinajstić information content (AvgIpc) is 2.38. The zero-order valence-electron chi connectivity index (χ0n) is 10.8. The third kappa shape index (κ3) is 2.60. The molecule has 0 saturated heterocycles. The van der Waals surface area contributed by atoms with Gasteiger partial charge in [0.15, 0.2) is 0 Å². The number of rotatable bonds is 3. The summed E-state index contributed by atoms with van der Waals surface area (Å²) in [7, 11) is 0. The fourth-order valence-corrected chi connectivity index (χ4v) is 2.34. The van der Waals surface area contributed by atoms with Crippen LogP contribution in [-0.4, -0.2) is 22.2 Å². The first-order valence-electron chi connectivity index (χ1n) is 5.98.